The Hall–Kier alpha value is -1.07. The summed E-state index contributed by atoms with van der Waals surface area (Å²) in [5.41, 5.74) is -0.291. The third-order valence-corrected chi connectivity index (χ3v) is 7.59. The predicted molar refractivity (Wildman–Crippen MR) is 122 cm³/mol. The first-order valence-corrected chi connectivity index (χ1v) is 11.9. The largest absolute Gasteiger partial charge is 0.317 e. The van der Waals surface area contributed by atoms with Crippen molar-refractivity contribution in [2.24, 2.45) is 5.92 Å². The van der Waals surface area contributed by atoms with Crippen molar-refractivity contribution in [3.8, 4) is 0 Å². The number of halogens is 3. The van der Waals surface area contributed by atoms with Crippen LogP contribution in [0.15, 0.2) is 51.1 Å². The predicted octanol–water partition coefficient (Wildman–Crippen LogP) is 4.75. The second kappa shape index (κ2) is 11.0. The maximum Gasteiger partial charge on any atom is 0.270 e. The summed E-state index contributed by atoms with van der Waals surface area (Å²) in [5.74, 6) is 0.229. The van der Waals surface area contributed by atoms with Crippen LogP contribution in [0.1, 0.15) is 12.8 Å². The van der Waals surface area contributed by atoms with Crippen molar-refractivity contribution in [2.45, 2.75) is 27.5 Å². The Balaban J connectivity index is 0.00000320. The summed E-state index contributed by atoms with van der Waals surface area (Å²) in [6, 6.07) is 8.66. The summed E-state index contributed by atoms with van der Waals surface area (Å²) >= 11 is 13.2. The molecule has 3 rings (SSSR count). The van der Waals surface area contributed by atoms with Gasteiger partial charge in [0.1, 0.15) is 4.90 Å². The summed E-state index contributed by atoms with van der Waals surface area (Å²) in [6.45, 7) is 1.99. The van der Waals surface area contributed by atoms with Gasteiger partial charge >= 0.3 is 0 Å². The lowest BCUT2D eigenvalue weighted by molar-refractivity contribution is -0.385. The Morgan fingerprint density at radius 2 is 1.77 bits per heavy atom. The Labute approximate surface area is 195 Å². The fraction of sp³-hybridized carbons (Fsp3) is 0.333. The van der Waals surface area contributed by atoms with Crippen LogP contribution < -0.4 is 10.0 Å². The van der Waals surface area contributed by atoms with E-state index in [4.69, 9.17) is 23.2 Å². The van der Waals surface area contributed by atoms with Crippen LogP contribution in [-0.4, -0.2) is 33.0 Å². The Kier molecular flexibility index (Phi) is 9.23. The van der Waals surface area contributed by atoms with E-state index >= 15 is 0 Å². The lowest BCUT2D eigenvalue weighted by Gasteiger charge is -2.23. The molecule has 0 spiro atoms. The first-order valence-electron chi connectivity index (χ1n) is 8.87. The number of piperidine rings is 1. The highest BCUT2D eigenvalue weighted by Gasteiger charge is 2.24. The molecule has 2 aromatic rings. The topological polar surface area (TPSA) is 101 Å². The second-order valence-electron chi connectivity index (χ2n) is 6.64. The van der Waals surface area contributed by atoms with Gasteiger partial charge in [-0.15, -0.1) is 12.4 Å². The molecule has 2 N–H and O–H groups in total. The number of hydrogen-bond acceptors (Lipinski definition) is 6. The van der Waals surface area contributed by atoms with E-state index < -0.39 is 14.9 Å². The average molecular weight is 513 g/mol. The zero-order chi connectivity index (χ0) is 21.0. The normalized spacial score (nSPS) is 14.9. The number of hydrogen-bond donors (Lipinski definition) is 2. The maximum atomic E-state index is 13.0. The molecule has 0 atom stereocenters. The molecule has 0 aliphatic carbocycles. The Morgan fingerprint density at radius 1 is 1.13 bits per heavy atom. The van der Waals surface area contributed by atoms with Gasteiger partial charge in [0.15, 0.2) is 0 Å². The Bertz CT molecular complexity index is 995. The van der Waals surface area contributed by atoms with Crippen molar-refractivity contribution in [3.05, 3.63) is 56.6 Å². The number of nitro benzene ring substituents is 1. The molecule has 0 radical (unpaired) electrons. The van der Waals surface area contributed by atoms with E-state index in [-0.39, 0.29) is 28.9 Å². The van der Waals surface area contributed by atoms with E-state index in [1.807, 2.05) is 0 Å². The molecule has 1 heterocycles. The molecule has 7 nitrogen and oxygen atoms in total. The molecule has 30 heavy (non-hydrogen) atoms. The molecule has 0 aromatic heterocycles. The molecule has 1 aliphatic rings. The molecule has 0 amide bonds. The van der Waals surface area contributed by atoms with Gasteiger partial charge in [-0.2, -0.15) is 0 Å². The van der Waals surface area contributed by atoms with Crippen molar-refractivity contribution in [1.82, 2.24) is 10.0 Å². The van der Waals surface area contributed by atoms with Gasteiger partial charge in [0, 0.05) is 38.5 Å². The summed E-state index contributed by atoms with van der Waals surface area (Å²) in [6.07, 6.45) is 1.75. The number of nitrogens with one attached hydrogen (secondary N) is 2. The van der Waals surface area contributed by atoms with Gasteiger partial charge in [-0.3, -0.25) is 10.1 Å². The van der Waals surface area contributed by atoms with Crippen LogP contribution in [0.3, 0.4) is 0 Å². The van der Waals surface area contributed by atoms with Gasteiger partial charge in [0.2, 0.25) is 10.0 Å². The minimum Gasteiger partial charge on any atom is -0.317 e. The lowest BCUT2D eigenvalue weighted by Crippen LogP contribution is -2.36. The smallest absolute Gasteiger partial charge is 0.270 e. The van der Waals surface area contributed by atoms with E-state index in [2.05, 4.69) is 10.0 Å². The summed E-state index contributed by atoms with van der Waals surface area (Å²) < 4.78 is 28.6. The molecule has 0 saturated carbocycles. The van der Waals surface area contributed by atoms with Gasteiger partial charge in [-0.25, -0.2) is 13.1 Å². The molecule has 2 aromatic carbocycles. The monoisotopic (exact) mass is 511 g/mol. The molecule has 164 valence electrons. The number of nitro groups is 1. The molecule has 1 aliphatic heterocycles. The summed E-state index contributed by atoms with van der Waals surface area (Å²) in [4.78, 5) is 11.4. The standard InChI is InChI=1S/C18H19Cl2N3O4S2.ClH/c19-13-7-14(20)9-16(8-13)28-17-2-1-15(23(24)25)10-18(17)29(26,27)22-11-12-3-5-21-6-4-12;/h1-2,7-10,12,21-22H,3-6,11H2;1H. The number of non-ortho nitro benzene ring substituents is 1. The quantitative estimate of drug-likeness (QED) is 0.410. The van der Waals surface area contributed by atoms with E-state index in [0.717, 1.165) is 43.8 Å². The van der Waals surface area contributed by atoms with E-state index in [9.17, 15) is 18.5 Å². The van der Waals surface area contributed by atoms with Crippen LogP contribution in [0.5, 0.6) is 0 Å². The van der Waals surface area contributed by atoms with Crippen LogP contribution in [0.4, 0.5) is 5.69 Å². The molecular formula is C18H20Cl3N3O4S2. The van der Waals surface area contributed by atoms with E-state index in [1.54, 1.807) is 18.2 Å². The number of benzene rings is 2. The van der Waals surface area contributed by atoms with Gasteiger partial charge in [-0.1, -0.05) is 35.0 Å². The van der Waals surface area contributed by atoms with Crippen LogP contribution in [-0.2, 0) is 10.0 Å². The lowest BCUT2D eigenvalue weighted by atomic mass is 9.99. The fourth-order valence-corrected chi connectivity index (χ4v) is 6.26. The SMILES string of the molecule is Cl.O=[N+]([O-])c1ccc(Sc2cc(Cl)cc(Cl)c2)c(S(=O)(=O)NCC2CCNCC2)c1. The second-order valence-corrected chi connectivity index (χ2v) is 10.4. The molecule has 1 fully saturated rings. The Morgan fingerprint density at radius 3 is 2.37 bits per heavy atom. The first-order chi connectivity index (χ1) is 13.7. The van der Waals surface area contributed by atoms with Gasteiger partial charge in [0.05, 0.1) is 4.92 Å². The minimum absolute atomic E-state index is 0. The average Bonchev–Trinajstić information content (AvgIpc) is 2.66. The van der Waals surface area contributed by atoms with Crippen LogP contribution in [0.2, 0.25) is 10.0 Å². The third kappa shape index (κ3) is 6.71. The number of nitrogens with zero attached hydrogens (tertiary/aromatic N) is 1. The van der Waals surface area contributed by atoms with Crippen molar-refractivity contribution in [1.29, 1.82) is 0 Å². The molecule has 12 heteroatoms. The van der Waals surface area contributed by atoms with Crippen molar-refractivity contribution >= 4 is 63.1 Å². The third-order valence-electron chi connectivity index (χ3n) is 4.51. The molecule has 0 bridgehead atoms. The van der Waals surface area contributed by atoms with Gasteiger partial charge in [0.25, 0.3) is 5.69 Å². The maximum absolute atomic E-state index is 13.0. The highest BCUT2D eigenvalue weighted by atomic mass is 35.5. The van der Waals surface area contributed by atoms with Crippen molar-refractivity contribution in [2.75, 3.05) is 19.6 Å². The summed E-state index contributed by atoms with van der Waals surface area (Å²) in [5, 5.41) is 15.2. The van der Waals surface area contributed by atoms with Gasteiger partial charge in [-0.05, 0) is 56.1 Å². The zero-order valence-electron chi connectivity index (χ0n) is 15.6. The van der Waals surface area contributed by atoms with E-state index in [0.29, 0.717) is 26.4 Å². The first kappa shape index (κ1) is 25.2. The van der Waals surface area contributed by atoms with Crippen molar-refractivity contribution in [3.63, 3.8) is 0 Å². The zero-order valence-corrected chi connectivity index (χ0v) is 19.6. The highest BCUT2D eigenvalue weighted by Crippen LogP contribution is 2.37. The highest BCUT2D eigenvalue weighted by molar-refractivity contribution is 8.00. The van der Waals surface area contributed by atoms with E-state index in [1.165, 1.54) is 12.1 Å². The van der Waals surface area contributed by atoms with Crippen LogP contribution in [0, 0.1) is 16.0 Å². The fourth-order valence-electron chi connectivity index (χ4n) is 3.01. The summed E-state index contributed by atoms with van der Waals surface area (Å²) in [7, 11) is -3.95. The molecular weight excluding hydrogens is 493 g/mol. The van der Waals surface area contributed by atoms with Crippen LogP contribution in [0.25, 0.3) is 0 Å². The van der Waals surface area contributed by atoms with Crippen LogP contribution >= 0.6 is 47.4 Å². The van der Waals surface area contributed by atoms with Gasteiger partial charge < -0.3 is 5.32 Å². The number of sulfonamides is 1. The minimum atomic E-state index is -3.95. The number of rotatable bonds is 7. The van der Waals surface area contributed by atoms with Crippen molar-refractivity contribution < 1.29 is 13.3 Å². The molecule has 0 unspecified atom stereocenters. The molecule has 1 saturated heterocycles.